The van der Waals surface area contributed by atoms with E-state index < -0.39 is 11.8 Å². The van der Waals surface area contributed by atoms with E-state index in [4.69, 9.17) is 21.7 Å². The fourth-order valence-corrected chi connectivity index (χ4v) is 2.40. The standard InChI is InChI=1S/C21H25N3O4S/c1-14(2)12-28-18-10-5-4-9-17(18)20(26)22-21(29)24-23-19(25)13-27-16-8-6-7-15(3)11-16/h4-11,14H,12-13H2,1-3H3,(H,23,25)(H2,22,24,26,29). The molecule has 2 aromatic rings. The molecule has 2 rings (SSSR count). The van der Waals surface area contributed by atoms with Crippen molar-refractivity contribution in [1.82, 2.24) is 16.2 Å². The van der Waals surface area contributed by atoms with Crippen molar-refractivity contribution in [1.29, 1.82) is 0 Å². The summed E-state index contributed by atoms with van der Waals surface area (Å²) in [6, 6.07) is 14.2. The second-order valence-electron chi connectivity index (χ2n) is 6.76. The minimum absolute atomic E-state index is 0.0439. The molecule has 7 nitrogen and oxygen atoms in total. The van der Waals surface area contributed by atoms with Crippen LogP contribution in [-0.4, -0.2) is 30.1 Å². The molecular formula is C21H25N3O4S. The number of thiocarbonyl (C=S) groups is 1. The summed E-state index contributed by atoms with van der Waals surface area (Å²) >= 11 is 5.05. The highest BCUT2D eigenvalue weighted by Crippen LogP contribution is 2.18. The number of para-hydroxylation sites is 1. The van der Waals surface area contributed by atoms with E-state index in [1.165, 1.54) is 0 Å². The van der Waals surface area contributed by atoms with Crippen molar-refractivity contribution >= 4 is 29.1 Å². The monoisotopic (exact) mass is 415 g/mol. The maximum atomic E-state index is 12.5. The van der Waals surface area contributed by atoms with Gasteiger partial charge in [-0.2, -0.15) is 0 Å². The van der Waals surface area contributed by atoms with Crippen LogP contribution in [0.2, 0.25) is 0 Å². The molecule has 0 heterocycles. The van der Waals surface area contributed by atoms with Crippen LogP contribution in [0.15, 0.2) is 48.5 Å². The molecule has 0 atom stereocenters. The third-order valence-corrected chi connectivity index (χ3v) is 3.81. The second kappa shape index (κ2) is 11.0. The van der Waals surface area contributed by atoms with Gasteiger partial charge in [0.1, 0.15) is 11.5 Å². The summed E-state index contributed by atoms with van der Waals surface area (Å²) in [5.74, 6) is 0.508. The number of carbonyl (C=O) groups is 2. The van der Waals surface area contributed by atoms with Crippen molar-refractivity contribution in [2.24, 2.45) is 5.92 Å². The van der Waals surface area contributed by atoms with Crippen molar-refractivity contribution < 1.29 is 19.1 Å². The molecule has 0 saturated carbocycles. The minimum Gasteiger partial charge on any atom is -0.492 e. The van der Waals surface area contributed by atoms with Gasteiger partial charge in [0.25, 0.3) is 11.8 Å². The summed E-state index contributed by atoms with van der Waals surface area (Å²) in [4.78, 5) is 24.3. The zero-order chi connectivity index (χ0) is 21.2. The molecule has 0 aliphatic carbocycles. The summed E-state index contributed by atoms with van der Waals surface area (Å²) in [6.07, 6.45) is 0. The van der Waals surface area contributed by atoms with Gasteiger partial charge in [-0.1, -0.05) is 38.1 Å². The molecule has 0 unspecified atom stereocenters. The molecule has 0 radical (unpaired) electrons. The molecule has 0 spiro atoms. The van der Waals surface area contributed by atoms with Crippen LogP contribution in [0.3, 0.4) is 0 Å². The molecule has 3 N–H and O–H groups in total. The lowest BCUT2D eigenvalue weighted by atomic mass is 10.2. The lowest BCUT2D eigenvalue weighted by molar-refractivity contribution is -0.123. The van der Waals surface area contributed by atoms with Crippen molar-refractivity contribution in [2.75, 3.05) is 13.2 Å². The fraction of sp³-hybridized carbons (Fsp3) is 0.286. The number of carbonyl (C=O) groups excluding carboxylic acids is 2. The molecule has 0 fully saturated rings. The van der Waals surface area contributed by atoms with Crippen LogP contribution in [0.4, 0.5) is 0 Å². The first kappa shape index (κ1) is 22.2. The first-order chi connectivity index (χ1) is 13.8. The normalized spacial score (nSPS) is 10.2. The molecule has 0 saturated heterocycles. The van der Waals surface area contributed by atoms with Gasteiger partial charge in [0.15, 0.2) is 11.7 Å². The molecule has 2 aromatic carbocycles. The molecule has 29 heavy (non-hydrogen) atoms. The van der Waals surface area contributed by atoms with Crippen molar-refractivity contribution in [3.8, 4) is 11.5 Å². The Morgan fingerprint density at radius 3 is 2.52 bits per heavy atom. The van der Waals surface area contributed by atoms with Crippen LogP contribution in [0.1, 0.15) is 29.8 Å². The number of aryl methyl sites for hydroxylation is 1. The van der Waals surface area contributed by atoms with Crippen LogP contribution in [-0.2, 0) is 4.79 Å². The fourth-order valence-electron chi connectivity index (χ4n) is 2.25. The van der Waals surface area contributed by atoms with Gasteiger partial charge >= 0.3 is 0 Å². The zero-order valence-electron chi connectivity index (χ0n) is 16.7. The number of amides is 2. The van der Waals surface area contributed by atoms with Gasteiger partial charge in [-0.3, -0.25) is 25.8 Å². The molecule has 0 aliphatic rings. The van der Waals surface area contributed by atoms with Crippen LogP contribution in [0.5, 0.6) is 11.5 Å². The Morgan fingerprint density at radius 2 is 1.79 bits per heavy atom. The minimum atomic E-state index is -0.441. The van der Waals surface area contributed by atoms with E-state index in [1.807, 2.05) is 39.0 Å². The highest BCUT2D eigenvalue weighted by molar-refractivity contribution is 7.80. The Hall–Kier alpha value is -3.13. The second-order valence-corrected chi connectivity index (χ2v) is 7.17. The molecule has 8 heteroatoms. The molecule has 154 valence electrons. The number of benzene rings is 2. The number of nitrogens with one attached hydrogen (secondary N) is 3. The van der Waals surface area contributed by atoms with Gasteiger partial charge < -0.3 is 9.47 Å². The Kier molecular flexibility index (Phi) is 8.42. The average molecular weight is 416 g/mol. The SMILES string of the molecule is Cc1cccc(OCC(=O)NNC(=S)NC(=O)c2ccccc2OCC(C)C)c1. The van der Waals surface area contributed by atoms with Crippen LogP contribution < -0.4 is 25.6 Å². The van der Waals surface area contributed by atoms with Gasteiger partial charge in [-0.05, 0) is 54.9 Å². The summed E-state index contributed by atoms with van der Waals surface area (Å²) in [5.41, 5.74) is 6.24. The molecule has 0 aromatic heterocycles. The van der Waals surface area contributed by atoms with Gasteiger partial charge in [-0.25, -0.2) is 0 Å². The molecule has 2 amide bonds. The Morgan fingerprint density at radius 1 is 1.03 bits per heavy atom. The summed E-state index contributed by atoms with van der Waals surface area (Å²) in [5, 5.41) is 2.46. The predicted octanol–water partition coefficient (Wildman–Crippen LogP) is 2.74. The number of hydrazine groups is 1. The van der Waals surface area contributed by atoms with E-state index in [2.05, 4.69) is 16.2 Å². The lowest BCUT2D eigenvalue weighted by Crippen LogP contribution is -2.49. The van der Waals surface area contributed by atoms with Crippen molar-refractivity contribution in [3.05, 3.63) is 59.7 Å². The van der Waals surface area contributed by atoms with Crippen LogP contribution >= 0.6 is 12.2 Å². The number of hydrogen-bond donors (Lipinski definition) is 3. The van der Waals surface area contributed by atoms with Gasteiger partial charge in [0, 0.05) is 0 Å². The first-order valence-corrected chi connectivity index (χ1v) is 9.57. The van der Waals surface area contributed by atoms with E-state index in [0.29, 0.717) is 29.6 Å². The van der Waals surface area contributed by atoms with E-state index in [-0.39, 0.29) is 11.7 Å². The third kappa shape index (κ3) is 7.79. The van der Waals surface area contributed by atoms with Gasteiger partial charge in [-0.15, -0.1) is 0 Å². The van der Waals surface area contributed by atoms with Gasteiger partial charge in [0.05, 0.1) is 12.2 Å². The van der Waals surface area contributed by atoms with E-state index in [9.17, 15) is 9.59 Å². The Labute approximate surface area is 175 Å². The van der Waals surface area contributed by atoms with Gasteiger partial charge in [0.2, 0.25) is 0 Å². The number of ether oxygens (including phenoxy) is 2. The smallest absolute Gasteiger partial charge is 0.276 e. The van der Waals surface area contributed by atoms with Crippen molar-refractivity contribution in [3.63, 3.8) is 0 Å². The zero-order valence-corrected chi connectivity index (χ0v) is 17.5. The summed E-state index contributed by atoms with van der Waals surface area (Å²) < 4.78 is 11.1. The first-order valence-electron chi connectivity index (χ1n) is 9.16. The van der Waals surface area contributed by atoms with Crippen molar-refractivity contribution in [2.45, 2.75) is 20.8 Å². The quantitative estimate of drug-likeness (QED) is 0.476. The van der Waals surface area contributed by atoms with E-state index in [1.54, 1.807) is 30.3 Å². The predicted molar refractivity (Wildman–Crippen MR) is 115 cm³/mol. The highest BCUT2D eigenvalue weighted by Gasteiger charge is 2.14. The van der Waals surface area contributed by atoms with Crippen LogP contribution in [0.25, 0.3) is 0 Å². The molecular weight excluding hydrogens is 390 g/mol. The number of hydrogen-bond acceptors (Lipinski definition) is 5. The maximum Gasteiger partial charge on any atom is 0.276 e. The Bertz CT molecular complexity index is 871. The largest absolute Gasteiger partial charge is 0.492 e. The maximum absolute atomic E-state index is 12.5. The van der Waals surface area contributed by atoms with Crippen LogP contribution in [0, 0.1) is 12.8 Å². The Balaban J connectivity index is 1.80. The topological polar surface area (TPSA) is 88.7 Å². The molecule has 0 bridgehead atoms. The highest BCUT2D eigenvalue weighted by atomic mass is 32.1. The summed E-state index contributed by atoms with van der Waals surface area (Å²) in [6.45, 7) is 6.27. The third-order valence-electron chi connectivity index (χ3n) is 3.61. The average Bonchev–Trinajstić information content (AvgIpc) is 2.69. The number of rotatable bonds is 7. The lowest BCUT2D eigenvalue weighted by Gasteiger charge is -2.14. The molecule has 0 aliphatic heterocycles. The van der Waals surface area contributed by atoms with E-state index >= 15 is 0 Å². The van der Waals surface area contributed by atoms with E-state index in [0.717, 1.165) is 5.56 Å². The summed E-state index contributed by atoms with van der Waals surface area (Å²) in [7, 11) is 0.